The van der Waals surface area contributed by atoms with Crippen LogP contribution < -0.4 is 4.74 Å². The minimum atomic E-state index is -0.262. The predicted molar refractivity (Wildman–Crippen MR) is 104 cm³/mol. The second-order valence-electron chi connectivity index (χ2n) is 8.15. The van der Waals surface area contributed by atoms with E-state index in [1.807, 2.05) is 39.0 Å². The molecule has 0 spiro atoms. The van der Waals surface area contributed by atoms with Gasteiger partial charge >= 0.3 is 0 Å². The third kappa shape index (κ3) is 4.07. The van der Waals surface area contributed by atoms with E-state index >= 15 is 0 Å². The lowest BCUT2D eigenvalue weighted by molar-refractivity contribution is -0.134. The standard InChI is InChI=1S/C20H28N4O3/c1-20(2,3)24-12-13(10-18(24)25)19(26)23(4)9-8-17-21-15-7-6-14(27-5)11-16(15)22-17/h6-7,11,13H,8-10,12H2,1-5H3,(H,21,22)/t13-/m0/s1. The highest BCUT2D eigenvalue weighted by atomic mass is 16.5. The Morgan fingerprint density at radius 1 is 1.41 bits per heavy atom. The zero-order chi connectivity index (χ0) is 19.8. The van der Waals surface area contributed by atoms with Gasteiger partial charge in [-0.2, -0.15) is 0 Å². The molecule has 7 heteroatoms. The van der Waals surface area contributed by atoms with Crippen molar-refractivity contribution in [3.63, 3.8) is 0 Å². The van der Waals surface area contributed by atoms with Gasteiger partial charge in [0, 0.05) is 44.6 Å². The molecule has 7 nitrogen and oxygen atoms in total. The summed E-state index contributed by atoms with van der Waals surface area (Å²) in [5.41, 5.74) is 1.54. The lowest BCUT2D eigenvalue weighted by Gasteiger charge is -2.32. The van der Waals surface area contributed by atoms with Crippen molar-refractivity contribution < 1.29 is 14.3 Å². The van der Waals surface area contributed by atoms with E-state index in [1.54, 1.807) is 24.0 Å². The monoisotopic (exact) mass is 372 g/mol. The number of fused-ring (bicyclic) bond motifs is 1. The Morgan fingerprint density at radius 3 is 2.78 bits per heavy atom. The minimum Gasteiger partial charge on any atom is -0.497 e. The number of methoxy groups -OCH3 is 1. The topological polar surface area (TPSA) is 78.5 Å². The van der Waals surface area contributed by atoms with E-state index in [9.17, 15) is 9.59 Å². The quantitative estimate of drug-likeness (QED) is 0.873. The first-order chi connectivity index (χ1) is 12.7. The summed E-state index contributed by atoms with van der Waals surface area (Å²) in [5, 5.41) is 0. The molecule has 0 radical (unpaired) electrons. The molecule has 1 aliphatic rings. The first-order valence-electron chi connectivity index (χ1n) is 9.27. The zero-order valence-corrected chi connectivity index (χ0v) is 16.7. The number of carbonyl (C=O) groups excluding carboxylic acids is 2. The van der Waals surface area contributed by atoms with E-state index in [4.69, 9.17) is 4.74 Å². The molecule has 1 atom stereocenters. The second kappa shape index (κ2) is 7.21. The molecule has 27 heavy (non-hydrogen) atoms. The van der Waals surface area contributed by atoms with Crippen LogP contribution in [-0.4, -0.2) is 64.4 Å². The van der Waals surface area contributed by atoms with Gasteiger partial charge in [-0.05, 0) is 32.9 Å². The number of imidazole rings is 1. The largest absolute Gasteiger partial charge is 0.497 e. The van der Waals surface area contributed by atoms with Crippen molar-refractivity contribution in [3.05, 3.63) is 24.0 Å². The third-order valence-corrected chi connectivity index (χ3v) is 5.08. The predicted octanol–water partition coefficient (Wildman–Crippen LogP) is 2.22. The summed E-state index contributed by atoms with van der Waals surface area (Å²) in [6, 6.07) is 5.70. The number of nitrogens with one attached hydrogen (secondary N) is 1. The molecule has 0 saturated carbocycles. The number of hydrogen-bond acceptors (Lipinski definition) is 4. The van der Waals surface area contributed by atoms with Crippen molar-refractivity contribution in [2.24, 2.45) is 5.92 Å². The molecular weight excluding hydrogens is 344 g/mol. The number of likely N-dealkylation sites (N-methyl/N-ethyl adjacent to an activating group) is 1. The Hall–Kier alpha value is -2.57. The Morgan fingerprint density at radius 2 is 2.15 bits per heavy atom. The fraction of sp³-hybridized carbons (Fsp3) is 0.550. The van der Waals surface area contributed by atoms with Crippen LogP contribution in [0.5, 0.6) is 5.75 Å². The van der Waals surface area contributed by atoms with Crippen molar-refractivity contribution in [2.45, 2.75) is 39.2 Å². The van der Waals surface area contributed by atoms with Crippen LogP contribution in [-0.2, 0) is 16.0 Å². The van der Waals surface area contributed by atoms with Crippen LogP contribution in [0, 0.1) is 5.92 Å². The van der Waals surface area contributed by atoms with Gasteiger partial charge in [-0.1, -0.05) is 0 Å². The van der Waals surface area contributed by atoms with Gasteiger partial charge in [0.15, 0.2) is 0 Å². The molecule has 2 amide bonds. The number of carbonyl (C=O) groups is 2. The van der Waals surface area contributed by atoms with Crippen LogP contribution in [0.1, 0.15) is 33.0 Å². The lowest BCUT2D eigenvalue weighted by Crippen LogP contribution is -2.43. The van der Waals surface area contributed by atoms with Crippen molar-refractivity contribution in [1.29, 1.82) is 0 Å². The summed E-state index contributed by atoms with van der Waals surface area (Å²) in [5.74, 6) is 1.42. The molecule has 1 fully saturated rings. The van der Waals surface area contributed by atoms with E-state index in [1.165, 1.54) is 0 Å². The van der Waals surface area contributed by atoms with Crippen LogP contribution in [0.15, 0.2) is 18.2 Å². The average Bonchev–Trinajstić information content (AvgIpc) is 3.20. The minimum absolute atomic E-state index is 0.0212. The van der Waals surface area contributed by atoms with Gasteiger partial charge in [0.2, 0.25) is 11.8 Å². The normalized spacial score (nSPS) is 17.6. The molecule has 0 bridgehead atoms. The van der Waals surface area contributed by atoms with Gasteiger partial charge in [0.25, 0.3) is 0 Å². The van der Waals surface area contributed by atoms with Crippen LogP contribution in [0.3, 0.4) is 0 Å². The molecule has 1 aromatic carbocycles. The fourth-order valence-electron chi connectivity index (χ4n) is 3.50. The van der Waals surface area contributed by atoms with Crippen molar-refractivity contribution >= 4 is 22.8 Å². The van der Waals surface area contributed by atoms with Crippen molar-refractivity contribution in [3.8, 4) is 5.75 Å². The van der Waals surface area contributed by atoms with Crippen molar-refractivity contribution in [1.82, 2.24) is 19.8 Å². The highest BCUT2D eigenvalue weighted by Gasteiger charge is 2.40. The smallest absolute Gasteiger partial charge is 0.227 e. The van der Waals surface area contributed by atoms with Gasteiger partial charge in [-0.25, -0.2) is 4.98 Å². The van der Waals surface area contributed by atoms with Crippen LogP contribution in [0.4, 0.5) is 0 Å². The van der Waals surface area contributed by atoms with E-state index in [-0.39, 0.29) is 23.3 Å². The van der Waals surface area contributed by atoms with E-state index in [0.717, 1.165) is 22.6 Å². The highest BCUT2D eigenvalue weighted by molar-refractivity contribution is 5.89. The average molecular weight is 372 g/mol. The molecule has 0 aliphatic carbocycles. The van der Waals surface area contributed by atoms with E-state index in [2.05, 4.69) is 9.97 Å². The molecule has 3 rings (SSSR count). The molecular formula is C20H28N4O3. The van der Waals surface area contributed by atoms with Crippen LogP contribution >= 0.6 is 0 Å². The number of rotatable bonds is 5. The highest BCUT2D eigenvalue weighted by Crippen LogP contribution is 2.27. The molecule has 2 heterocycles. The summed E-state index contributed by atoms with van der Waals surface area (Å²) in [6.45, 7) is 7.04. The van der Waals surface area contributed by atoms with Gasteiger partial charge in [0.05, 0.1) is 24.1 Å². The molecule has 146 valence electrons. The molecule has 1 aliphatic heterocycles. The van der Waals surface area contributed by atoms with Gasteiger partial charge in [-0.15, -0.1) is 0 Å². The number of likely N-dealkylation sites (tertiary alicyclic amines) is 1. The fourth-order valence-corrected chi connectivity index (χ4v) is 3.50. The summed E-state index contributed by atoms with van der Waals surface area (Å²) in [7, 11) is 3.42. The van der Waals surface area contributed by atoms with Crippen molar-refractivity contribution in [2.75, 3.05) is 27.2 Å². The lowest BCUT2D eigenvalue weighted by atomic mass is 10.1. The van der Waals surface area contributed by atoms with E-state index in [0.29, 0.717) is 25.9 Å². The van der Waals surface area contributed by atoms with Crippen LogP contribution in [0.25, 0.3) is 11.0 Å². The molecule has 2 aromatic rings. The Labute approximate surface area is 159 Å². The Kier molecular flexibility index (Phi) is 5.13. The second-order valence-corrected chi connectivity index (χ2v) is 8.15. The number of ether oxygens (including phenoxy) is 1. The molecule has 1 aromatic heterocycles. The maximum atomic E-state index is 12.7. The van der Waals surface area contributed by atoms with E-state index < -0.39 is 0 Å². The Bertz CT molecular complexity index is 853. The van der Waals surface area contributed by atoms with Crippen LogP contribution in [0.2, 0.25) is 0 Å². The first-order valence-corrected chi connectivity index (χ1v) is 9.27. The number of nitrogens with zero attached hydrogens (tertiary/aromatic N) is 3. The zero-order valence-electron chi connectivity index (χ0n) is 16.7. The summed E-state index contributed by atoms with van der Waals surface area (Å²) in [4.78, 5) is 36.3. The SMILES string of the molecule is COc1ccc2nc(CCN(C)C(=O)[C@H]3CC(=O)N(C(C)(C)C)C3)[nH]c2c1. The number of amides is 2. The third-order valence-electron chi connectivity index (χ3n) is 5.08. The number of H-pyrrole nitrogens is 1. The van der Waals surface area contributed by atoms with Gasteiger partial charge in [-0.3, -0.25) is 9.59 Å². The van der Waals surface area contributed by atoms with Gasteiger partial charge in [0.1, 0.15) is 11.6 Å². The number of hydrogen-bond donors (Lipinski definition) is 1. The number of benzene rings is 1. The molecule has 1 N–H and O–H groups in total. The maximum absolute atomic E-state index is 12.7. The summed E-state index contributed by atoms with van der Waals surface area (Å²) >= 11 is 0. The molecule has 1 saturated heterocycles. The summed E-state index contributed by atoms with van der Waals surface area (Å²) in [6.07, 6.45) is 0.924. The maximum Gasteiger partial charge on any atom is 0.227 e. The number of aromatic amines is 1. The Balaban J connectivity index is 1.60. The van der Waals surface area contributed by atoms with Gasteiger partial charge < -0.3 is 19.5 Å². The first kappa shape index (κ1) is 19.2. The summed E-state index contributed by atoms with van der Waals surface area (Å²) < 4.78 is 5.23. The molecule has 0 unspecified atom stereocenters. The number of aromatic nitrogens is 2.